The van der Waals surface area contributed by atoms with Gasteiger partial charge in [0.2, 0.25) is 0 Å². The monoisotopic (exact) mass is 303 g/mol. The highest BCUT2D eigenvalue weighted by atomic mass is 16.3. The van der Waals surface area contributed by atoms with Crippen molar-refractivity contribution in [1.82, 2.24) is 5.32 Å². The van der Waals surface area contributed by atoms with Gasteiger partial charge in [-0.2, -0.15) is 0 Å². The number of benzene rings is 1. The Bertz CT molecular complexity index is 678. The number of aliphatic hydroxyl groups excluding tert-OH is 2. The fourth-order valence-corrected chi connectivity index (χ4v) is 3.05. The largest absolute Gasteiger partial charge is 0.461 e. The molecule has 0 unspecified atom stereocenters. The number of rotatable bonds is 2. The van der Waals surface area contributed by atoms with E-state index in [1.807, 2.05) is 13.0 Å². The van der Waals surface area contributed by atoms with E-state index in [4.69, 9.17) is 4.42 Å². The molecule has 1 amide bonds. The van der Waals surface area contributed by atoms with E-state index in [0.29, 0.717) is 18.4 Å². The summed E-state index contributed by atoms with van der Waals surface area (Å²) in [5, 5.41) is 23.7. The third-order valence-corrected chi connectivity index (χ3v) is 4.29. The molecule has 0 saturated heterocycles. The summed E-state index contributed by atoms with van der Waals surface area (Å²) < 4.78 is 5.50. The predicted molar refractivity (Wildman–Crippen MR) is 82.7 cm³/mol. The van der Waals surface area contributed by atoms with Crippen molar-refractivity contribution in [1.29, 1.82) is 0 Å². The predicted octanol–water partition coefficient (Wildman–Crippen LogP) is 2.14. The third kappa shape index (κ3) is 3.00. The molecule has 3 N–H and O–H groups in total. The first-order valence-electron chi connectivity index (χ1n) is 7.72. The van der Waals surface area contributed by atoms with Crippen LogP contribution in [-0.2, 0) is 0 Å². The minimum absolute atomic E-state index is 0.237. The van der Waals surface area contributed by atoms with Gasteiger partial charge in [0.15, 0.2) is 0 Å². The molecular weight excluding hydrogens is 282 g/mol. The van der Waals surface area contributed by atoms with E-state index in [1.165, 1.54) is 0 Å². The van der Waals surface area contributed by atoms with E-state index in [2.05, 4.69) is 5.32 Å². The van der Waals surface area contributed by atoms with Gasteiger partial charge in [-0.3, -0.25) is 4.79 Å². The highest BCUT2D eigenvalue weighted by molar-refractivity contribution is 5.98. The molecule has 118 valence electrons. The van der Waals surface area contributed by atoms with Crippen LogP contribution in [0, 0.1) is 6.92 Å². The van der Waals surface area contributed by atoms with E-state index in [9.17, 15) is 15.0 Å². The summed E-state index contributed by atoms with van der Waals surface area (Å²) in [6.07, 6.45) is 1.33. The maximum Gasteiger partial charge on any atom is 0.251 e. The van der Waals surface area contributed by atoms with Crippen molar-refractivity contribution in [2.75, 3.05) is 0 Å². The summed E-state index contributed by atoms with van der Waals surface area (Å²) in [6, 6.07) is 6.74. The van der Waals surface area contributed by atoms with Crippen LogP contribution in [0.15, 0.2) is 28.7 Å². The second kappa shape index (κ2) is 6.10. The molecule has 5 nitrogen and oxygen atoms in total. The standard InChI is InChI=1S/C17H21NO4/c1-10-8-12-9-11(6-7-15(12)22-10)17(21)18-13-4-2-3-5-14(19)16(13)20/h6-9,13-14,16,19-20H,2-5H2,1H3,(H,18,21)/t13-,14-,16-/m1/s1. The van der Waals surface area contributed by atoms with Gasteiger partial charge in [-0.25, -0.2) is 0 Å². The number of aliphatic hydroxyl groups is 2. The van der Waals surface area contributed by atoms with Crippen molar-refractivity contribution in [3.63, 3.8) is 0 Å². The van der Waals surface area contributed by atoms with E-state index >= 15 is 0 Å². The van der Waals surface area contributed by atoms with Crippen molar-refractivity contribution in [3.8, 4) is 0 Å². The van der Waals surface area contributed by atoms with Gasteiger partial charge in [0, 0.05) is 10.9 Å². The molecule has 1 heterocycles. The zero-order valence-corrected chi connectivity index (χ0v) is 12.6. The Morgan fingerprint density at radius 1 is 1.23 bits per heavy atom. The maximum atomic E-state index is 12.4. The van der Waals surface area contributed by atoms with Gasteiger partial charge in [0.1, 0.15) is 11.3 Å². The van der Waals surface area contributed by atoms with Crippen molar-refractivity contribution >= 4 is 16.9 Å². The summed E-state index contributed by atoms with van der Waals surface area (Å²) in [5.41, 5.74) is 1.28. The first kappa shape index (κ1) is 15.1. The van der Waals surface area contributed by atoms with Gasteiger partial charge in [-0.1, -0.05) is 12.8 Å². The van der Waals surface area contributed by atoms with E-state index in [1.54, 1.807) is 18.2 Å². The van der Waals surface area contributed by atoms with Crippen LogP contribution in [0.3, 0.4) is 0 Å². The molecule has 0 aliphatic heterocycles. The fourth-order valence-electron chi connectivity index (χ4n) is 3.05. The molecule has 1 aliphatic carbocycles. The van der Waals surface area contributed by atoms with Crippen molar-refractivity contribution in [2.45, 2.75) is 50.9 Å². The van der Waals surface area contributed by atoms with Crippen LogP contribution in [0.4, 0.5) is 0 Å². The second-order valence-corrected chi connectivity index (χ2v) is 6.03. The van der Waals surface area contributed by atoms with Gasteiger partial charge < -0.3 is 19.9 Å². The molecule has 5 heteroatoms. The van der Waals surface area contributed by atoms with Crippen LogP contribution in [0.5, 0.6) is 0 Å². The summed E-state index contributed by atoms with van der Waals surface area (Å²) in [6.45, 7) is 1.86. The zero-order chi connectivity index (χ0) is 15.7. The van der Waals surface area contributed by atoms with Gasteiger partial charge in [-0.15, -0.1) is 0 Å². The Labute approximate surface area is 128 Å². The summed E-state index contributed by atoms with van der Waals surface area (Å²) in [5.74, 6) is 0.564. The summed E-state index contributed by atoms with van der Waals surface area (Å²) in [4.78, 5) is 12.4. The summed E-state index contributed by atoms with van der Waals surface area (Å²) in [7, 11) is 0. The van der Waals surface area contributed by atoms with Gasteiger partial charge in [0.25, 0.3) is 5.91 Å². The molecule has 0 spiro atoms. The Morgan fingerprint density at radius 3 is 2.82 bits per heavy atom. The lowest BCUT2D eigenvalue weighted by molar-refractivity contribution is -0.00124. The van der Waals surface area contributed by atoms with Crippen LogP contribution >= 0.6 is 0 Å². The Hall–Kier alpha value is -1.85. The number of amides is 1. The molecule has 2 aromatic rings. The molecule has 0 bridgehead atoms. The summed E-state index contributed by atoms with van der Waals surface area (Å²) >= 11 is 0. The average molecular weight is 303 g/mol. The Balaban J connectivity index is 1.77. The molecule has 3 rings (SSSR count). The molecule has 1 fully saturated rings. The van der Waals surface area contributed by atoms with Crippen molar-refractivity contribution in [3.05, 3.63) is 35.6 Å². The van der Waals surface area contributed by atoms with Crippen LogP contribution in [-0.4, -0.2) is 34.4 Å². The van der Waals surface area contributed by atoms with Crippen LogP contribution < -0.4 is 5.32 Å². The molecule has 22 heavy (non-hydrogen) atoms. The number of hydrogen-bond donors (Lipinski definition) is 3. The smallest absolute Gasteiger partial charge is 0.251 e. The van der Waals surface area contributed by atoms with Gasteiger partial charge >= 0.3 is 0 Å². The minimum Gasteiger partial charge on any atom is -0.461 e. The molecule has 1 aromatic heterocycles. The fraction of sp³-hybridized carbons (Fsp3) is 0.471. The van der Waals surface area contributed by atoms with E-state index in [0.717, 1.165) is 29.6 Å². The molecule has 0 radical (unpaired) electrons. The van der Waals surface area contributed by atoms with Crippen molar-refractivity contribution < 1.29 is 19.4 Å². The number of nitrogens with one attached hydrogen (secondary N) is 1. The van der Waals surface area contributed by atoms with E-state index in [-0.39, 0.29) is 5.91 Å². The second-order valence-electron chi connectivity index (χ2n) is 6.03. The Morgan fingerprint density at radius 2 is 2.00 bits per heavy atom. The lowest BCUT2D eigenvalue weighted by Gasteiger charge is -2.24. The Kier molecular flexibility index (Phi) is 4.18. The number of hydrogen-bond acceptors (Lipinski definition) is 4. The first-order valence-corrected chi connectivity index (χ1v) is 7.72. The minimum atomic E-state index is -0.911. The number of carbonyl (C=O) groups excluding carboxylic acids is 1. The molecule has 1 saturated carbocycles. The van der Waals surface area contributed by atoms with E-state index < -0.39 is 18.2 Å². The number of fused-ring (bicyclic) bond motifs is 1. The quantitative estimate of drug-likeness (QED) is 0.742. The van der Waals surface area contributed by atoms with Crippen LogP contribution in [0.2, 0.25) is 0 Å². The molecule has 1 aliphatic rings. The highest BCUT2D eigenvalue weighted by Crippen LogP contribution is 2.22. The van der Waals surface area contributed by atoms with Gasteiger partial charge in [-0.05, 0) is 44.0 Å². The highest BCUT2D eigenvalue weighted by Gasteiger charge is 2.30. The topological polar surface area (TPSA) is 82.7 Å². The SMILES string of the molecule is Cc1cc2cc(C(=O)N[C@@H]3CCCC[C@@H](O)[C@@H]3O)ccc2o1. The maximum absolute atomic E-state index is 12.4. The normalized spacial score (nSPS) is 25.9. The average Bonchev–Trinajstić information content (AvgIpc) is 2.80. The molecule has 1 aromatic carbocycles. The number of furan rings is 1. The number of carbonyl (C=O) groups is 1. The van der Waals surface area contributed by atoms with Crippen LogP contribution in [0.25, 0.3) is 11.0 Å². The third-order valence-electron chi connectivity index (χ3n) is 4.29. The van der Waals surface area contributed by atoms with Crippen LogP contribution in [0.1, 0.15) is 41.8 Å². The lowest BCUT2D eigenvalue weighted by Crippen LogP contribution is -2.47. The zero-order valence-electron chi connectivity index (χ0n) is 12.6. The number of aryl methyl sites for hydroxylation is 1. The first-order chi connectivity index (χ1) is 10.5. The van der Waals surface area contributed by atoms with Crippen molar-refractivity contribution in [2.24, 2.45) is 0 Å². The van der Waals surface area contributed by atoms with Gasteiger partial charge in [0.05, 0.1) is 18.2 Å². The molecular formula is C17H21NO4. The molecule has 3 atom stereocenters. The lowest BCUT2D eigenvalue weighted by atomic mass is 10.0.